The number of benzene rings is 8. The molecule has 0 amide bonds. The molecule has 2 heterocycles. The lowest BCUT2D eigenvalue weighted by atomic mass is 9.90. The van der Waals surface area contributed by atoms with Gasteiger partial charge in [0.2, 0.25) is 0 Å². The van der Waals surface area contributed by atoms with Crippen LogP contribution in [0.25, 0.3) is 93.7 Å². The van der Waals surface area contributed by atoms with E-state index in [-0.39, 0.29) is 0 Å². The Balaban J connectivity index is 1.06. The van der Waals surface area contributed by atoms with Crippen LogP contribution >= 0.6 is 0 Å². The highest BCUT2D eigenvalue weighted by Crippen LogP contribution is 2.40. The SMILES string of the molecule is c1ccc(-c2nc3ccccc3n2-c2ccc(-c3cc4ccc5cc(-c6ccc7ccccc7n6)cc6ccc(c3)c4c56)cc2)cc1. The van der Waals surface area contributed by atoms with Crippen LogP contribution in [0.15, 0.2) is 164 Å². The minimum absolute atomic E-state index is 0.946. The molecule has 8 aromatic carbocycles. The largest absolute Gasteiger partial charge is 0.292 e. The zero-order valence-corrected chi connectivity index (χ0v) is 25.4. The molecule has 0 N–H and O–H groups in total. The summed E-state index contributed by atoms with van der Waals surface area (Å²) in [6.45, 7) is 0. The van der Waals surface area contributed by atoms with E-state index in [1.54, 1.807) is 0 Å². The van der Waals surface area contributed by atoms with Crippen molar-refractivity contribution in [1.82, 2.24) is 14.5 Å². The average Bonchev–Trinajstić information content (AvgIpc) is 3.53. The molecule has 10 aromatic rings. The lowest BCUT2D eigenvalue weighted by molar-refractivity contribution is 1.10. The van der Waals surface area contributed by atoms with Gasteiger partial charge >= 0.3 is 0 Å². The van der Waals surface area contributed by atoms with Crippen LogP contribution in [0.2, 0.25) is 0 Å². The summed E-state index contributed by atoms with van der Waals surface area (Å²) >= 11 is 0. The molecule has 0 aliphatic heterocycles. The van der Waals surface area contributed by atoms with Gasteiger partial charge in [0.1, 0.15) is 5.82 Å². The zero-order chi connectivity index (χ0) is 30.9. The number of rotatable bonds is 4. The van der Waals surface area contributed by atoms with Gasteiger partial charge in [-0.05, 0) is 104 Å². The fraction of sp³-hybridized carbons (Fsp3) is 0. The van der Waals surface area contributed by atoms with E-state index in [9.17, 15) is 0 Å². The van der Waals surface area contributed by atoms with E-state index in [1.165, 1.54) is 43.4 Å². The number of hydrogen-bond acceptors (Lipinski definition) is 2. The summed E-state index contributed by atoms with van der Waals surface area (Å²) in [6, 6.07) is 58.5. The lowest BCUT2D eigenvalue weighted by Gasteiger charge is -2.15. The van der Waals surface area contributed by atoms with Crippen molar-refractivity contribution in [1.29, 1.82) is 0 Å². The second kappa shape index (κ2) is 10.1. The first-order valence-electron chi connectivity index (χ1n) is 16.0. The van der Waals surface area contributed by atoms with Crippen LogP contribution in [0.3, 0.4) is 0 Å². The van der Waals surface area contributed by atoms with Gasteiger partial charge in [0, 0.05) is 22.2 Å². The fourth-order valence-electron chi connectivity index (χ4n) is 7.25. The number of para-hydroxylation sites is 3. The van der Waals surface area contributed by atoms with Gasteiger partial charge in [-0.1, -0.05) is 103 Å². The zero-order valence-electron chi connectivity index (χ0n) is 25.4. The van der Waals surface area contributed by atoms with Crippen molar-refractivity contribution in [2.24, 2.45) is 0 Å². The first-order chi connectivity index (χ1) is 23.3. The third-order valence-corrected chi connectivity index (χ3v) is 9.48. The van der Waals surface area contributed by atoms with Gasteiger partial charge in [-0.25, -0.2) is 9.97 Å². The Bertz CT molecular complexity index is 2710. The number of pyridine rings is 1. The topological polar surface area (TPSA) is 30.7 Å². The van der Waals surface area contributed by atoms with Crippen LogP contribution in [0.4, 0.5) is 0 Å². The molecule has 10 rings (SSSR count). The van der Waals surface area contributed by atoms with Crippen LogP contribution in [-0.4, -0.2) is 14.5 Å². The highest BCUT2D eigenvalue weighted by molar-refractivity contribution is 6.24. The molecule has 0 saturated heterocycles. The average molecular weight is 598 g/mol. The van der Waals surface area contributed by atoms with E-state index in [0.717, 1.165) is 50.3 Å². The van der Waals surface area contributed by atoms with E-state index in [0.29, 0.717) is 0 Å². The maximum absolute atomic E-state index is 5.01. The summed E-state index contributed by atoms with van der Waals surface area (Å²) in [5.41, 5.74) is 9.84. The van der Waals surface area contributed by atoms with Gasteiger partial charge < -0.3 is 0 Å². The summed E-state index contributed by atoms with van der Waals surface area (Å²) in [6.07, 6.45) is 0. The van der Waals surface area contributed by atoms with Gasteiger partial charge in [-0.3, -0.25) is 4.57 Å². The molecule has 0 aliphatic rings. The fourth-order valence-corrected chi connectivity index (χ4v) is 7.25. The molecule has 0 fully saturated rings. The van der Waals surface area contributed by atoms with Crippen LogP contribution in [0, 0.1) is 0 Å². The highest BCUT2D eigenvalue weighted by atomic mass is 15.1. The Kier molecular flexibility index (Phi) is 5.57. The van der Waals surface area contributed by atoms with E-state index < -0.39 is 0 Å². The molecule has 0 spiro atoms. The van der Waals surface area contributed by atoms with Gasteiger partial charge in [0.05, 0.1) is 22.2 Å². The molecule has 2 aromatic heterocycles. The van der Waals surface area contributed by atoms with Crippen LogP contribution in [0.5, 0.6) is 0 Å². The van der Waals surface area contributed by atoms with Crippen LogP contribution < -0.4 is 0 Å². The quantitative estimate of drug-likeness (QED) is 0.189. The van der Waals surface area contributed by atoms with Crippen molar-refractivity contribution in [3.05, 3.63) is 164 Å². The maximum Gasteiger partial charge on any atom is 0.145 e. The van der Waals surface area contributed by atoms with Gasteiger partial charge in [0.25, 0.3) is 0 Å². The van der Waals surface area contributed by atoms with Gasteiger partial charge in [-0.15, -0.1) is 0 Å². The summed E-state index contributed by atoms with van der Waals surface area (Å²) in [4.78, 5) is 9.99. The Morgan fingerprint density at radius 1 is 0.362 bits per heavy atom. The Hall–Kier alpha value is -6.32. The van der Waals surface area contributed by atoms with Crippen molar-refractivity contribution in [2.45, 2.75) is 0 Å². The minimum Gasteiger partial charge on any atom is -0.292 e. The monoisotopic (exact) mass is 597 g/mol. The molecule has 3 nitrogen and oxygen atoms in total. The predicted molar refractivity (Wildman–Crippen MR) is 196 cm³/mol. The molecule has 218 valence electrons. The first kappa shape index (κ1) is 26.0. The van der Waals surface area contributed by atoms with Crippen LogP contribution in [0.1, 0.15) is 0 Å². The summed E-state index contributed by atoms with van der Waals surface area (Å²) in [5.74, 6) is 0.946. The van der Waals surface area contributed by atoms with Crippen LogP contribution in [-0.2, 0) is 0 Å². The number of fused-ring (bicyclic) bond motifs is 2. The molecule has 0 saturated carbocycles. The number of imidazole rings is 1. The van der Waals surface area contributed by atoms with Crippen molar-refractivity contribution in [3.8, 4) is 39.5 Å². The van der Waals surface area contributed by atoms with E-state index in [4.69, 9.17) is 9.97 Å². The normalized spacial score (nSPS) is 11.8. The Morgan fingerprint density at radius 3 is 1.64 bits per heavy atom. The second-order valence-corrected chi connectivity index (χ2v) is 12.3. The van der Waals surface area contributed by atoms with Gasteiger partial charge in [-0.2, -0.15) is 0 Å². The number of hydrogen-bond donors (Lipinski definition) is 0. The van der Waals surface area contributed by atoms with Crippen molar-refractivity contribution in [3.63, 3.8) is 0 Å². The summed E-state index contributed by atoms with van der Waals surface area (Å²) in [7, 11) is 0. The van der Waals surface area contributed by atoms with E-state index >= 15 is 0 Å². The smallest absolute Gasteiger partial charge is 0.145 e. The van der Waals surface area contributed by atoms with E-state index in [2.05, 4.69) is 150 Å². The third-order valence-electron chi connectivity index (χ3n) is 9.48. The molecule has 0 atom stereocenters. The lowest BCUT2D eigenvalue weighted by Crippen LogP contribution is -1.97. The molecule has 0 bridgehead atoms. The standard InChI is InChI=1S/C44H27N3/c1-2-9-30(10-3-1)44-46-40-12-6-7-13-41(40)47(44)37-21-18-28(19-22-37)35-24-31-14-16-33-26-36(27-34-17-15-32(25-35)42(31)43(33)34)39-23-20-29-8-4-5-11-38(29)45-39/h1-27H. The van der Waals surface area contributed by atoms with Gasteiger partial charge in [0.15, 0.2) is 0 Å². The second-order valence-electron chi connectivity index (χ2n) is 12.3. The molecule has 0 unspecified atom stereocenters. The van der Waals surface area contributed by atoms with Crippen molar-refractivity contribution >= 4 is 54.3 Å². The third kappa shape index (κ3) is 4.14. The Morgan fingerprint density at radius 2 is 0.936 bits per heavy atom. The highest BCUT2D eigenvalue weighted by Gasteiger charge is 2.16. The minimum atomic E-state index is 0.946. The predicted octanol–water partition coefficient (Wildman–Crippen LogP) is 11.5. The molecule has 3 heteroatoms. The molecule has 0 aliphatic carbocycles. The molecule has 0 radical (unpaired) electrons. The van der Waals surface area contributed by atoms with Crippen molar-refractivity contribution < 1.29 is 0 Å². The number of nitrogens with zero attached hydrogens (tertiary/aromatic N) is 3. The van der Waals surface area contributed by atoms with E-state index in [1.807, 2.05) is 18.2 Å². The first-order valence-corrected chi connectivity index (χ1v) is 16.0. The van der Waals surface area contributed by atoms with Crippen molar-refractivity contribution in [2.75, 3.05) is 0 Å². The molecular formula is C44H27N3. The molecule has 47 heavy (non-hydrogen) atoms. The number of aromatic nitrogens is 3. The Labute approximate surface area is 271 Å². The summed E-state index contributed by atoms with van der Waals surface area (Å²) < 4.78 is 2.26. The summed E-state index contributed by atoms with van der Waals surface area (Å²) in [5, 5.41) is 8.77. The maximum atomic E-state index is 5.01. The molecular weight excluding hydrogens is 571 g/mol.